The molecule has 130 valence electrons. The molecule has 0 atom stereocenters. The van der Waals surface area contributed by atoms with E-state index in [1.807, 2.05) is 0 Å². The van der Waals surface area contributed by atoms with Gasteiger partial charge in [0.25, 0.3) is 5.91 Å². The first-order chi connectivity index (χ1) is 11.6. The summed E-state index contributed by atoms with van der Waals surface area (Å²) in [7, 11) is 0. The standard InChI is InChI=1S/C17H23N3O4/c1-2-24-17(23)18-14-10-6-9-13(11-14)16(22)20-19-15(21)12-7-4-3-5-8-12/h6,9-12H,2-5,7-8H2,1H3,(H,18,23)(H,19,21)(H,20,22). The average molecular weight is 333 g/mol. The van der Waals surface area contributed by atoms with Gasteiger partial charge in [0.05, 0.1) is 6.61 Å². The fourth-order valence-electron chi connectivity index (χ4n) is 2.68. The van der Waals surface area contributed by atoms with Crippen LogP contribution >= 0.6 is 0 Å². The van der Waals surface area contributed by atoms with Crippen molar-refractivity contribution in [2.45, 2.75) is 39.0 Å². The van der Waals surface area contributed by atoms with E-state index in [0.717, 1.165) is 32.1 Å². The zero-order valence-electron chi connectivity index (χ0n) is 13.8. The number of amides is 3. The van der Waals surface area contributed by atoms with E-state index in [0.29, 0.717) is 11.3 Å². The summed E-state index contributed by atoms with van der Waals surface area (Å²) in [5.41, 5.74) is 5.67. The summed E-state index contributed by atoms with van der Waals surface area (Å²) in [6.07, 6.45) is 4.40. The predicted molar refractivity (Wildman–Crippen MR) is 89.3 cm³/mol. The lowest BCUT2D eigenvalue weighted by molar-refractivity contribution is -0.126. The number of carbonyl (C=O) groups excluding carboxylic acids is 3. The molecule has 0 radical (unpaired) electrons. The molecule has 0 bridgehead atoms. The quantitative estimate of drug-likeness (QED) is 0.738. The average Bonchev–Trinajstić information content (AvgIpc) is 2.60. The van der Waals surface area contributed by atoms with Gasteiger partial charge in [-0.1, -0.05) is 25.3 Å². The molecule has 1 fully saturated rings. The highest BCUT2D eigenvalue weighted by Gasteiger charge is 2.21. The van der Waals surface area contributed by atoms with Gasteiger partial charge < -0.3 is 4.74 Å². The lowest BCUT2D eigenvalue weighted by atomic mass is 9.89. The zero-order valence-corrected chi connectivity index (χ0v) is 13.8. The third-order valence-electron chi connectivity index (χ3n) is 3.92. The van der Waals surface area contributed by atoms with E-state index in [4.69, 9.17) is 4.74 Å². The van der Waals surface area contributed by atoms with Gasteiger partial charge in [-0.2, -0.15) is 0 Å². The van der Waals surface area contributed by atoms with Crippen LogP contribution < -0.4 is 16.2 Å². The Bertz CT molecular complexity index is 597. The number of carbonyl (C=O) groups is 3. The number of hydrazine groups is 1. The minimum Gasteiger partial charge on any atom is -0.450 e. The fourth-order valence-corrected chi connectivity index (χ4v) is 2.68. The molecule has 1 aliphatic rings. The Morgan fingerprint density at radius 1 is 1.12 bits per heavy atom. The van der Waals surface area contributed by atoms with Gasteiger partial charge in [0.15, 0.2) is 0 Å². The maximum atomic E-state index is 12.1. The van der Waals surface area contributed by atoms with Gasteiger partial charge in [-0.05, 0) is 38.0 Å². The highest BCUT2D eigenvalue weighted by molar-refractivity contribution is 5.97. The second-order valence-corrected chi connectivity index (χ2v) is 5.70. The minimum atomic E-state index is -0.583. The van der Waals surface area contributed by atoms with Gasteiger partial charge >= 0.3 is 6.09 Å². The van der Waals surface area contributed by atoms with Crippen molar-refractivity contribution in [3.63, 3.8) is 0 Å². The van der Waals surface area contributed by atoms with Crippen molar-refractivity contribution >= 4 is 23.6 Å². The molecule has 0 spiro atoms. The van der Waals surface area contributed by atoms with Crippen LogP contribution in [0.5, 0.6) is 0 Å². The van der Waals surface area contributed by atoms with Gasteiger partial charge in [0.2, 0.25) is 5.91 Å². The van der Waals surface area contributed by atoms with Crippen molar-refractivity contribution in [2.75, 3.05) is 11.9 Å². The molecule has 3 amide bonds. The zero-order chi connectivity index (χ0) is 17.4. The first-order valence-electron chi connectivity index (χ1n) is 8.24. The van der Waals surface area contributed by atoms with Crippen LogP contribution in [-0.4, -0.2) is 24.5 Å². The predicted octanol–water partition coefficient (Wildman–Crippen LogP) is 2.60. The first-order valence-corrected chi connectivity index (χ1v) is 8.24. The molecule has 1 aromatic carbocycles. The van der Waals surface area contributed by atoms with Crippen molar-refractivity contribution in [3.05, 3.63) is 29.8 Å². The maximum Gasteiger partial charge on any atom is 0.411 e. The van der Waals surface area contributed by atoms with E-state index in [1.165, 1.54) is 6.07 Å². The highest BCUT2D eigenvalue weighted by Crippen LogP contribution is 2.23. The second kappa shape index (κ2) is 8.90. The summed E-state index contributed by atoms with van der Waals surface area (Å²) in [6.45, 7) is 1.97. The molecule has 1 aliphatic carbocycles. The first kappa shape index (κ1) is 17.8. The number of hydrogen-bond acceptors (Lipinski definition) is 4. The number of benzene rings is 1. The second-order valence-electron chi connectivity index (χ2n) is 5.70. The van der Waals surface area contributed by atoms with Crippen LogP contribution in [0.25, 0.3) is 0 Å². The Balaban J connectivity index is 1.87. The van der Waals surface area contributed by atoms with Crippen LogP contribution in [0.4, 0.5) is 10.5 Å². The van der Waals surface area contributed by atoms with E-state index in [2.05, 4.69) is 16.2 Å². The topological polar surface area (TPSA) is 96.5 Å². The molecular weight excluding hydrogens is 310 g/mol. The number of hydrogen-bond donors (Lipinski definition) is 3. The fraction of sp³-hybridized carbons (Fsp3) is 0.471. The Kier molecular flexibility index (Phi) is 6.60. The van der Waals surface area contributed by atoms with Gasteiger partial charge in [0, 0.05) is 17.2 Å². The molecule has 24 heavy (non-hydrogen) atoms. The smallest absolute Gasteiger partial charge is 0.411 e. The van der Waals surface area contributed by atoms with Crippen molar-refractivity contribution in [3.8, 4) is 0 Å². The molecule has 0 unspecified atom stereocenters. The van der Waals surface area contributed by atoms with Crippen LogP contribution in [0.1, 0.15) is 49.4 Å². The molecule has 3 N–H and O–H groups in total. The summed E-state index contributed by atoms with van der Waals surface area (Å²) in [4.78, 5) is 35.5. The molecule has 0 heterocycles. The molecule has 2 rings (SSSR count). The highest BCUT2D eigenvalue weighted by atomic mass is 16.5. The monoisotopic (exact) mass is 333 g/mol. The van der Waals surface area contributed by atoms with E-state index < -0.39 is 12.0 Å². The van der Waals surface area contributed by atoms with Crippen LogP contribution in [0.2, 0.25) is 0 Å². The number of anilines is 1. The van der Waals surface area contributed by atoms with Crippen molar-refractivity contribution in [1.82, 2.24) is 10.9 Å². The summed E-state index contributed by atoms with van der Waals surface area (Å²) >= 11 is 0. The van der Waals surface area contributed by atoms with E-state index in [-0.39, 0.29) is 18.4 Å². The summed E-state index contributed by atoms with van der Waals surface area (Å²) in [5.74, 6) is -0.619. The molecule has 1 aromatic rings. The molecule has 1 saturated carbocycles. The van der Waals surface area contributed by atoms with Crippen LogP contribution in [-0.2, 0) is 9.53 Å². The van der Waals surface area contributed by atoms with E-state index >= 15 is 0 Å². The number of ether oxygens (including phenoxy) is 1. The lowest BCUT2D eigenvalue weighted by Crippen LogP contribution is -2.44. The molecule has 7 nitrogen and oxygen atoms in total. The summed E-state index contributed by atoms with van der Waals surface area (Å²) < 4.78 is 4.78. The van der Waals surface area contributed by atoms with Gasteiger partial charge in [-0.15, -0.1) is 0 Å². The number of nitrogens with one attached hydrogen (secondary N) is 3. The minimum absolute atomic E-state index is 0.0316. The summed E-state index contributed by atoms with van der Waals surface area (Å²) in [5, 5.41) is 2.53. The van der Waals surface area contributed by atoms with E-state index in [1.54, 1.807) is 25.1 Å². The Hall–Kier alpha value is -2.57. The molecule has 0 aliphatic heterocycles. The van der Waals surface area contributed by atoms with Gasteiger partial charge in [0.1, 0.15) is 0 Å². The Morgan fingerprint density at radius 2 is 1.88 bits per heavy atom. The van der Waals surface area contributed by atoms with Crippen LogP contribution in [0.15, 0.2) is 24.3 Å². The lowest BCUT2D eigenvalue weighted by Gasteiger charge is -2.20. The van der Waals surface area contributed by atoms with E-state index in [9.17, 15) is 14.4 Å². The Morgan fingerprint density at radius 3 is 2.58 bits per heavy atom. The molecule has 0 aromatic heterocycles. The largest absolute Gasteiger partial charge is 0.450 e. The normalized spacial score (nSPS) is 14.5. The van der Waals surface area contributed by atoms with Crippen molar-refractivity contribution in [1.29, 1.82) is 0 Å². The number of rotatable bonds is 4. The molecular formula is C17H23N3O4. The van der Waals surface area contributed by atoms with Gasteiger partial charge in [-0.3, -0.25) is 25.8 Å². The third kappa shape index (κ3) is 5.26. The SMILES string of the molecule is CCOC(=O)Nc1cccc(C(=O)NNC(=O)C2CCCCC2)c1. The van der Waals surface area contributed by atoms with Crippen LogP contribution in [0, 0.1) is 5.92 Å². The van der Waals surface area contributed by atoms with Crippen LogP contribution in [0.3, 0.4) is 0 Å². The molecule has 0 saturated heterocycles. The van der Waals surface area contributed by atoms with Crippen molar-refractivity contribution < 1.29 is 19.1 Å². The third-order valence-corrected chi connectivity index (χ3v) is 3.92. The van der Waals surface area contributed by atoms with Crippen molar-refractivity contribution in [2.24, 2.45) is 5.92 Å². The maximum absolute atomic E-state index is 12.1. The Labute approximate surface area is 141 Å². The summed E-state index contributed by atoms with van der Waals surface area (Å²) in [6, 6.07) is 6.39. The molecule has 7 heteroatoms. The van der Waals surface area contributed by atoms with Gasteiger partial charge in [-0.25, -0.2) is 4.79 Å².